The number of halogens is 4. The molecule has 3 aromatic carbocycles. The maximum Gasteiger partial charge on any atom is 0.335 e. The van der Waals surface area contributed by atoms with Crippen LogP contribution in [0.1, 0.15) is 63.0 Å². The smallest absolute Gasteiger partial charge is 0.335 e. The molecular weight excluding hydrogens is 523 g/mol. The van der Waals surface area contributed by atoms with Gasteiger partial charge in [-0.15, -0.1) is 0 Å². The number of likely N-dealkylation sites (tertiary alicyclic amines) is 1. The second kappa shape index (κ2) is 11.2. The minimum Gasteiger partial charge on any atom is -0.478 e. The molecule has 1 fully saturated rings. The van der Waals surface area contributed by atoms with Gasteiger partial charge in [0.05, 0.1) is 18.2 Å². The van der Waals surface area contributed by atoms with E-state index in [1.165, 1.54) is 12.1 Å². The van der Waals surface area contributed by atoms with Gasteiger partial charge in [0.1, 0.15) is 0 Å². The number of carbonyl (C=O) groups is 1. The molecule has 1 aliphatic heterocycles. The van der Waals surface area contributed by atoms with Crippen LogP contribution in [-0.4, -0.2) is 42.3 Å². The van der Waals surface area contributed by atoms with Crippen molar-refractivity contribution in [3.05, 3.63) is 105 Å². The van der Waals surface area contributed by atoms with Gasteiger partial charge in [-0.25, -0.2) is 13.6 Å². The Balaban J connectivity index is 1.56. The van der Waals surface area contributed by atoms with Crippen LogP contribution in [0.25, 0.3) is 11.1 Å². The van der Waals surface area contributed by atoms with Gasteiger partial charge >= 0.3 is 5.97 Å². The molecule has 1 saturated heterocycles. The molecule has 2 aliphatic rings. The van der Waals surface area contributed by atoms with Crippen molar-refractivity contribution in [3.8, 4) is 0 Å². The Morgan fingerprint density at radius 3 is 2.41 bits per heavy atom. The Hall–Kier alpha value is -3.09. The number of carboxylic acids is 1. The standard InChI is InChI=1S/C32H31ClF3NO2/c1-20-16-26(33)11-13-27(20)29-5-2-4-22-17-23(31(38)39)8-12-28(22)30(29)21-6-9-24(10-7-21)32(35,36)25-18-37(19-25)15-3-14-34/h6-13,16-17,25H,2-5,14-15,18-19H2,1H3,(H,38,39). The number of fused-ring (bicyclic) bond motifs is 1. The van der Waals surface area contributed by atoms with E-state index in [0.29, 0.717) is 24.4 Å². The van der Waals surface area contributed by atoms with Crippen molar-refractivity contribution < 1.29 is 23.1 Å². The van der Waals surface area contributed by atoms with Crippen LogP contribution in [0.4, 0.5) is 13.2 Å². The summed E-state index contributed by atoms with van der Waals surface area (Å²) in [6.45, 7) is 2.60. The van der Waals surface area contributed by atoms with Crippen LogP contribution < -0.4 is 0 Å². The number of hydrogen-bond acceptors (Lipinski definition) is 2. The molecule has 7 heteroatoms. The summed E-state index contributed by atoms with van der Waals surface area (Å²) in [4.78, 5) is 13.5. The van der Waals surface area contributed by atoms with Crippen molar-refractivity contribution >= 4 is 28.7 Å². The van der Waals surface area contributed by atoms with Crippen molar-refractivity contribution in [2.45, 2.75) is 38.5 Å². The zero-order valence-electron chi connectivity index (χ0n) is 21.8. The van der Waals surface area contributed by atoms with Gasteiger partial charge in [0.25, 0.3) is 5.92 Å². The zero-order chi connectivity index (χ0) is 27.7. The van der Waals surface area contributed by atoms with Crippen LogP contribution in [0.2, 0.25) is 5.02 Å². The average molecular weight is 554 g/mol. The van der Waals surface area contributed by atoms with Gasteiger partial charge in [-0.3, -0.25) is 4.39 Å². The SMILES string of the molecule is Cc1cc(Cl)ccc1C1=C(c2ccc(C(F)(F)C3CN(CCCF)C3)cc2)c2ccc(C(=O)O)cc2CCC1. The molecule has 0 bridgehead atoms. The highest BCUT2D eigenvalue weighted by molar-refractivity contribution is 6.30. The summed E-state index contributed by atoms with van der Waals surface area (Å²) in [5.74, 6) is -4.75. The van der Waals surface area contributed by atoms with Crippen LogP contribution in [0, 0.1) is 12.8 Å². The van der Waals surface area contributed by atoms with E-state index in [1.807, 2.05) is 36.1 Å². The monoisotopic (exact) mass is 553 g/mol. The first kappa shape index (κ1) is 27.5. The van der Waals surface area contributed by atoms with Gasteiger partial charge < -0.3 is 10.0 Å². The maximum atomic E-state index is 15.3. The lowest BCUT2D eigenvalue weighted by atomic mass is 9.84. The number of aryl methyl sites for hydroxylation is 2. The average Bonchev–Trinajstić information content (AvgIpc) is 3.07. The van der Waals surface area contributed by atoms with Crippen LogP contribution >= 0.6 is 11.6 Å². The molecule has 1 aliphatic carbocycles. The number of carboxylic acid groups (broad SMARTS) is 1. The lowest BCUT2D eigenvalue weighted by molar-refractivity contribution is -0.124. The third-order valence-corrected chi connectivity index (χ3v) is 8.18. The molecule has 204 valence electrons. The maximum absolute atomic E-state index is 15.3. The van der Waals surface area contributed by atoms with Crippen molar-refractivity contribution in [3.63, 3.8) is 0 Å². The number of nitrogens with zero attached hydrogens (tertiary/aromatic N) is 1. The van der Waals surface area contributed by atoms with E-state index in [-0.39, 0.29) is 24.2 Å². The van der Waals surface area contributed by atoms with Crippen molar-refractivity contribution in [2.24, 2.45) is 5.92 Å². The molecule has 0 amide bonds. The van der Waals surface area contributed by atoms with Gasteiger partial charge in [-0.05, 0) is 95.8 Å². The number of rotatable bonds is 8. The second-order valence-corrected chi connectivity index (χ2v) is 11.0. The van der Waals surface area contributed by atoms with Gasteiger partial charge in [-0.2, -0.15) is 0 Å². The number of alkyl halides is 3. The fraction of sp³-hybridized carbons (Fsp3) is 0.344. The molecule has 3 nitrogen and oxygen atoms in total. The molecule has 0 spiro atoms. The molecule has 0 unspecified atom stereocenters. The van der Waals surface area contributed by atoms with Gasteiger partial charge in [0.15, 0.2) is 0 Å². The van der Waals surface area contributed by atoms with Crippen molar-refractivity contribution in [1.29, 1.82) is 0 Å². The highest BCUT2D eigenvalue weighted by atomic mass is 35.5. The van der Waals surface area contributed by atoms with E-state index in [0.717, 1.165) is 51.8 Å². The van der Waals surface area contributed by atoms with E-state index >= 15 is 8.78 Å². The highest BCUT2D eigenvalue weighted by Gasteiger charge is 2.47. The summed E-state index contributed by atoms with van der Waals surface area (Å²) in [6.07, 6.45) is 2.66. The Bertz CT molecular complexity index is 1410. The summed E-state index contributed by atoms with van der Waals surface area (Å²) in [7, 11) is 0. The predicted molar refractivity (Wildman–Crippen MR) is 149 cm³/mol. The van der Waals surface area contributed by atoms with Crippen LogP contribution in [-0.2, 0) is 12.3 Å². The minimum atomic E-state index is -2.98. The molecule has 1 N–H and O–H groups in total. The van der Waals surface area contributed by atoms with Crippen molar-refractivity contribution in [2.75, 3.05) is 26.3 Å². The number of hydrogen-bond donors (Lipinski definition) is 1. The molecule has 0 saturated carbocycles. The first-order valence-electron chi connectivity index (χ1n) is 13.3. The van der Waals surface area contributed by atoms with E-state index in [1.54, 1.807) is 24.3 Å². The number of benzene rings is 3. The fourth-order valence-electron chi connectivity index (χ4n) is 5.85. The van der Waals surface area contributed by atoms with Gasteiger partial charge in [0.2, 0.25) is 0 Å². The molecule has 0 radical (unpaired) electrons. The quantitative estimate of drug-likeness (QED) is 0.307. The first-order chi connectivity index (χ1) is 18.7. The molecule has 5 rings (SSSR count). The van der Waals surface area contributed by atoms with Gasteiger partial charge in [0, 0.05) is 30.2 Å². The summed E-state index contributed by atoms with van der Waals surface area (Å²) in [5, 5.41) is 10.2. The summed E-state index contributed by atoms with van der Waals surface area (Å²) in [6, 6.07) is 17.5. The summed E-state index contributed by atoms with van der Waals surface area (Å²) >= 11 is 6.24. The lowest BCUT2D eigenvalue weighted by Gasteiger charge is -2.43. The minimum absolute atomic E-state index is 0.0266. The number of allylic oxidation sites excluding steroid dienone is 1. The summed E-state index contributed by atoms with van der Waals surface area (Å²) < 4.78 is 43.1. The van der Waals surface area contributed by atoms with E-state index < -0.39 is 24.5 Å². The van der Waals surface area contributed by atoms with E-state index in [4.69, 9.17) is 11.6 Å². The molecule has 39 heavy (non-hydrogen) atoms. The predicted octanol–water partition coefficient (Wildman–Crippen LogP) is 8.03. The summed E-state index contributed by atoms with van der Waals surface area (Å²) in [5.41, 5.74) is 6.95. The molecule has 3 aromatic rings. The molecular formula is C32H31ClF3NO2. The molecule has 0 aromatic heterocycles. The van der Waals surface area contributed by atoms with E-state index in [9.17, 15) is 14.3 Å². The fourth-order valence-corrected chi connectivity index (χ4v) is 6.07. The highest BCUT2D eigenvalue weighted by Crippen LogP contribution is 2.44. The number of aromatic carboxylic acids is 1. The largest absolute Gasteiger partial charge is 0.478 e. The van der Waals surface area contributed by atoms with Crippen LogP contribution in [0.15, 0.2) is 60.7 Å². The van der Waals surface area contributed by atoms with Gasteiger partial charge in [-0.1, -0.05) is 48.0 Å². The normalized spacial score (nSPS) is 16.5. The first-order valence-corrected chi connectivity index (χ1v) is 13.7. The molecule has 1 heterocycles. The lowest BCUT2D eigenvalue weighted by Crippen LogP contribution is -2.53. The van der Waals surface area contributed by atoms with Crippen LogP contribution in [0.5, 0.6) is 0 Å². The Morgan fingerprint density at radius 2 is 1.74 bits per heavy atom. The topological polar surface area (TPSA) is 40.5 Å². The van der Waals surface area contributed by atoms with E-state index in [2.05, 4.69) is 0 Å². The molecule has 0 atom stereocenters. The van der Waals surface area contributed by atoms with Crippen molar-refractivity contribution in [1.82, 2.24) is 4.90 Å². The Morgan fingerprint density at radius 1 is 1.03 bits per heavy atom. The zero-order valence-corrected chi connectivity index (χ0v) is 22.6. The third kappa shape index (κ3) is 5.50. The Kier molecular flexibility index (Phi) is 7.88. The second-order valence-electron chi connectivity index (χ2n) is 10.5. The Labute approximate surface area is 231 Å². The third-order valence-electron chi connectivity index (χ3n) is 7.95. The van der Waals surface area contributed by atoms with Crippen LogP contribution in [0.3, 0.4) is 0 Å².